The van der Waals surface area contributed by atoms with Crippen LogP contribution in [0.15, 0.2) is 24.3 Å². The summed E-state index contributed by atoms with van der Waals surface area (Å²) in [5.41, 5.74) is 0.719. The second kappa shape index (κ2) is 6.53. The monoisotopic (exact) mass is 265 g/mol. The Labute approximate surface area is 110 Å². The van der Waals surface area contributed by atoms with E-state index in [2.05, 4.69) is 5.32 Å². The molecule has 19 heavy (non-hydrogen) atoms. The number of carboxylic acids is 1. The van der Waals surface area contributed by atoms with E-state index in [1.807, 2.05) is 0 Å². The molecule has 102 valence electrons. The summed E-state index contributed by atoms with van der Waals surface area (Å²) in [7, 11) is 0. The van der Waals surface area contributed by atoms with E-state index in [1.165, 1.54) is 13.8 Å². The standard InChI is InChI=1S/C13H15NO5/c1-8(15)14-12(13(17)18)7-10-3-5-11(6-4-10)19-9(2)16/h3-6,12H,7H2,1-2H3,(H,14,15)(H,17,18)/t12-/m0/s1. The van der Waals surface area contributed by atoms with E-state index in [0.717, 1.165) is 5.56 Å². The van der Waals surface area contributed by atoms with E-state index in [0.29, 0.717) is 5.75 Å². The second-order valence-corrected chi connectivity index (χ2v) is 4.03. The first kappa shape index (κ1) is 14.7. The van der Waals surface area contributed by atoms with Gasteiger partial charge in [-0.3, -0.25) is 9.59 Å². The van der Waals surface area contributed by atoms with Gasteiger partial charge < -0.3 is 15.2 Å². The number of rotatable bonds is 5. The fourth-order valence-corrected chi connectivity index (χ4v) is 1.54. The van der Waals surface area contributed by atoms with Gasteiger partial charge in [-0.05, 0) is 17.7 Å². The van der Waals surface area contributed by atoms with Gasteiger partial charge >= 0.3 is 11.9 Å². The topological polar surface area (TPSA) is 92.7 Å². The van der Waals surface area contributed by atoms with E-state index < -0.39 is 23.9 Å². The average molecular weight is 265 g/mol. The Morgan fingerprint density at radius 3 is 2.21 bits per heavy atom. The molecule has 1 amide bonds. The average Bonchev–Trinajstić information content (AvgIpc) is 2.29. The third-order valence-corrected chi connectivity index (χ3v) is 2.30. The fourth-order valence-electron chi connectivity index (χ4n) is 1.54. The molecule has 0 heterocycles. The molecule has 0 aliphatic carbocycles. The van der Waals surface area contributed by atoms with E-state index in [4.69, 9.17) is 9.84 Å². The van der Waals surface area contributed by atoms with Gasteiger partial charge in [-0.25, -0.2) is 4.79 Å². The lowest BCUT2D eigenvalue weighted by Crippen LogP contribution is -2.41. The molecule has 0 radical (unpaired) electrons. The molecule has 6 heteroatoms. The fraction of sp³-hybridized carbons (Fsp3) is 0.308. The summed E-state index contributed by atoms with van der Waals surface area (Å²) in [6, 6.07) is 5.47. The summed E-state index contributed by atoms with van der Waals surface area (Å²) in [5.74, 6) is -1.53. The van der Waals surface area contributed by atoms with Crippen molar-refractivity contribution in [2.75, 3.05) is 0 Å². The number of hydrogen-bond acceptors (Lipinski definition) is 4. The lowest BCUT2D eigenvalue weighted by molar-refractivity contribution is -0.141. The molecular formula is C13H15NO5. The predicted octanol–water partition coefficient (Wildman–Crippen LogP) is 0.744. The maximum absolute atomic E-state index is 11.0. The lowest BCUT2D eigenvalue weighted by Gasteiger charge is -2.13. The molecule has 0 aromatic heterocycles. The molecule has 1 aromatic carbocycles. The minimum absolute atomic E-state index is 0.162. The van der Waals surface area contributed by atoms with Crippen LogP contribution in [0, 0.1) is 0 Å². The van der Waals surface area contributed by atoms with E-state index in [-0.39, 0.29) is 6.42 Å². The maximum Gasteiger partial charge on any atom is 0.326 e. The van der Waals surface area contributed by atoms with Gasteiger partial charge in [-0.1, -0.05) is 12.1 Å². The second-order valence-electron chi connectivity index (χ2n) is 4.03. The highest BCUT2D eigenvalue weighted by atomic mass is 16.5. The van der Waals surface area contributed by atoms with E-state index in [1.54, 1.807) is 24.3 Å². The van der Waals surface area contributed by atoms with Crippen LogP contribution < -0.4 is 10.1 Å². The Balaban J connectivity index is 2.72. The van der Waals surface area contributed by atoms with Crippen molar-refractivity contribution in [2.45, 2.75) is 26.3 Å². The van der Waals surface area contributed by atoms with E-state index in [9.17, 15) is 14.4 Å². The molecule has 1 aromatic rings. The number of benzene rings is 1. The molecule has 0 unspecified atom stereocenters. The van der Waals surface area contributed by atoms with Crippen molar-refractivity contribution in [2.24, 2.45) is 0 Å². The number of aliphatic carboxylic acids is 1. The molecule has 0 bridgehead atoms. The third kappa shape index (κ3) is 5.20. The summed E-state index contributed by atoms with van der Waals surface area (Å²) in [6.45, 7) is 2.56. The van der Waals surface area contributed by atoms with Gasteiger partial charge in [0.2, 0.25) is 5.91 Å². The van der Waals surface area contributed by atoms with Crippen LogP contribution in [0.3, 0.4) is 0 Å². The molecule has 0 saturated heterocycles. The predicted molar refractivity (Wildman–Crippen MR) is 66.7 cm³/mol. The molecule has 1 atom stereocenters. The Kier molecular flexibility index (Phi) is 5.05. The minimum atomic E-state index is -1.10. The molecule has 0 aliphatic heterocycles. The van der Waals surface area contributed by atoms with Crippen LogP contribution in [-0.4, -0.2) is 29.0 Å². The van der Waals surface area contributed by atoms with Crippen LogP contribution in [0.1, 0.15) is 19.4 Å². The number of hydrogen-bond donors (Lipinski definition) is 2. The zero-order valence-electron chi connectivity index (χ0n) is 10.7. The van der Waals surface area contributed by atoms with Crippen molar-refractivity contribution in [3.05, 3.63) is 29.8 Å². The minimum Gasteiger partial charge on any atom is -0.480 e. The van der Waals surface area contributed by atoms with Crippen LogP contribution in [0.5, 0.6) is 5.75 Å². The van der Waals surface area contributed by atoms with Crippen molar-refractivity contribution in [3.8, 4) is 5.75 Å². The molecule has 1 rings (SSSR count). The molecule has 0 saturated carbocycles. The molecule has 0 spiro atoms. The van der Waals surface area contributed by atoms with Crippen LogP contribution in [-0.2, 0) is 20.8 Å². The quantitative estimate of drug-likeness (QED) is 0.605. The number of esters is 1. The van der Waals surface area contributed by atoms with Crippen LogP contribution >= 0.6 is 0 Å². The molecular weight excluding hydrogens is 250 g/mol. The Bertz CT molecular complexity index is 480. The first-order valence-electron chi connectivity index (χ1n) is 5.65. The van der Waals surface area contributed by atoms with Crippen molar-refractivity contribution in [1.29, 1.82) is 0 Å². The molecule has 0 aliphatic rings. The first-order valence-corrected chi connectivity index (χ1v) is 5.65. The highest BCUT2D eigenvalue weighted by Crippen LogP contribution is 2.13. The molecule has 2 N–H and O–H groups in total. The van der Waals surface area contributed by atoms with Crippen LogP contribution in [0.25, 0.3) is 0 Å². The highest BCUT2D eigenvalue weighted by molar-refractivity contribution is 5.82. The van der Waals surface area contributed by atoms with Crippen LogP contribution in [0.2, 0.25) is 0 Å². The van der Waals surface area contributed by atoms with Crippen molar-refractivity contribution in [1.82, 2.24) is 5.32 Å². The molecule has 6 nitrogen and oxygen atoms in total. The zero-order chi connectivity index (χ0) is 14.4. The normalized spacial score (nSPS) is 11.5. The first-order chi connectivity index (χ1) is 8.88. The Hall–Kier alpha value is -2.37. The number of amides is 1. The summed E-state index contributed by atoms with van der Waals surface area (Å²) >= 11 is 0. The summed E-state index contributed by atoms with van der Waals surface area (Å²) in [5, 5.41) is 11.3. The summed E-state index contributed by atoms with van der Waals surface area (Å²) < 4.78 is 4.86. The maximum atomic E-state index is 11.0. The van der Waals surface area contributed by atoms with Crippen molar-refractivity contribution < 1.29 is 24.2 Å². The SMILES string of the molecule is CC(=O)N[C@@H](Cc1ccc(OC(C)=O)cc1)C(=O)O. The Morgan fingerprint density at radius 2 is 1.79 bits per heavy atom. The largest absolute Gasteiger partial charge is 0.480 e. The highest BCUT2D eigenvalue weighted by Gasteiger charge is 2.18. The van der Waals surface area contributed by atoms with Gasteiger partial charge in [0, 0.05) is 20.3 Å². The van der Waals surface area contributed by atoms with Gasteiger partial charge in [-0.15, -0.1) is 0 Å². The van der Waals surface area contributed by atoms with Gasteiger partial charge in [0.05, 0.1) is 0 Å². The van der Waals surface area contributed by atoms with Crippen molar-refractivity contribution >= 4 is 17.8 Å². The lowest BCUT2D eigenvalue weighted by atomic mass is 10.1. The van der Waals surface area contributed by atoms with Gasteiger partial charge in [0.1, 0.15) is 11.8 Å². The van der Waals surface area contributed by atoms with Gasteiger partial charge in [0.25, 0.3) is 0 Å². The third-order valence-electron chi connectivity index (χ3n) is 2.30. The van der Waals surface area contributed by atoms with Crippen LogP contribution in [0.4, 0.5) is 0 Å². The molecule has 0 fully saturated rings. The number of ether oxygens (including phenoxy) is 1. The number of carbonyl (C=O) groups is 3. The smallest absolute Gasteiger partial charge is 0.326 e. The summed E-state index contributed by atoms with van der Waals surface area (Å²) in [6.07, 6.45) is 0.162. The zero-order valence-corrected chi connectivity index (χ0v) is 10.7. The van der Waals surface area contributed by atoms with Crippen molar-refractivity contribution in [3.63, 3.8) is 0 Å². The summed E-state index contributed by atoms with van der Waals surface area (Å²) in [4.78, 5) is 32.6. The Morgan fingerprint density at radius 1 is 1.21 bits per heavy atom. The van der Waals surface area contributed by atoms with E-state index >= 15 is 0 Å². The number of nitrogens with one attached hydrogen (secondary N) is 1. The number of carboxylic acid groups (broad SMARTS) is 1. The van der Waals surface area contributed by atoms with Gasteiger partial charge in [0.15, 0.2) is 0 Å². The number of carbonyl (C=O) groups excluding carboxylic acids is 2. The van der Waals surface area contributed by atoms with Gasteiger partial charge in [-0.2, -0.15) is 0 Å².